The number of pyridine rings is 1. The van der Waals surface area contributed by atoms with Crippen LogP contribution in [0.4, 0.5) is 0 Å². The third kappa shape index (κ3) is 2.88. The molecule has 22 heavy (non-hydrogen) atoms. The molecule has 1 aliphatic rings. The van der Waals surface area contributed by atoms with Crippen molar-refractivity contribution in [3.8, 4) is 0 Å². The summed E-state index contributed by atoms with van der Waals surface area (Å²) in [6.45, 7) is 10.9. The lowest BCUT2D eigenvalue weighted by Gasteiger charge is -2.37. The molecule has 0 amide bonds. The summed E-state index contributed by atoms with van der Waals surface area (Å²) in [6, 6.07) is 2.98. The van der Waals surface area contributed by atoms with Gasteiger partial charge in [-0.25, -0.2) is 4.98 Å². The van der Waals surface area contributed by atoms with E-state index in [9.17, 15) is 0 Å². The highest BCUT2D eigenvalue weighted by Crippen LogP contribution is 2.29. The molecule has 2 aromatic heterocycles. The first kappa shape index (κ1) is 15.4. The van der Waals surface area contributed by atoms with Crippen LogP contribution in [0.3, 0.4) is 0 Å². The monoisotopic (exact) mass is 301 g/mol. The molecule has 1 N–H and O–H groups in total. The van der Waals surface area contributed by atoms with Crippen LogP contribution in [0, 0.1) is 0 Å². The lowest BCUT2D eigenvalue weighted by molar-refractivity contribution is 0.133. The zero-order valence-electron chi connectivity index (χ0n) is 13.9. The molecule has 0 spiro atoms. The molecule has 120 valence electrons. The minimum Gasteiger partial charge on any atom is -0.326 e. The quantitative estimate of drug-likeness (QED) is 0.922. The van der Waals surface area contributed by atoms with Gasteiger partial charge in [0.2, 0.25) is 0 Å². The second-order valence-corrected chi connectivity index (χ2v) is 6.23. The first-order chi connectivity index (χ1) is 10.7. The molecule has 0 aliphatic carbocycles. The highest BCUT2D eigenvalue weighted by molar-refractivity contribution is 5.74. The molecule has 0 aromatic carbocycles. The first-order valence-electron chi connectivity index (χ1n) is 8.52. The Hall–Kier alpha value is -1.46. The second-order valence-electron chi connectivity index (χ2n) is 6.23. The number of imidazole rings is 1. The molecule has 2 atom stereocenters. The lowest BCUT2D eigenvalue weighted by atomic mass is 10.1. The van der Waals surface area contributed by atoms with Crippen LogP contribution in [-0.4, -0.2) is 45.1 Å². The molecule has 0 radical (unpaired) electrons. The fourth-order valence-corrected chi connectivity index (χ4v) is 3.57. The van der Waals surface area contributed by atoms with E-state index >= 15 is 0 Å². The summed E-state index contributed by atoms with van der Waals surface area (Å²) in [6.07, 6.45) is 6.11. The average Bonchev–Trinajstić information content (AvgIpc) is 2.90. The van der Waals surface area contributed by atoms with Crippen molar-refractivity contribution in [1.29, 1.82) is 0 Å². The normalized spacial score (nSPS) is 21.3. The summed E-state index contributed by atoms with van der Waals surface area (Å²) >= 11 is 0. The topological polar surface area (TPSA) is 46.0 Å². The molecule has 0 saturated carbocycles. The number of aryl methyl sites for hydroxylation is 1. The van der Waals surface area contributed by atoms with E-state index in [1.165, 1.54) is 12.2 Å². The Balaban J connectivity index is 2.00. The van der Waals surface area contributed by atoms with Crippen LogP contribution < -0.4 is 5.32 Å². The van der Waals surface area contributed by atoms with Crippen molar-refractivity contribution in [3.63, 3.8) is 0 Å². The number of piperazine rings is 1. The molecule has 3 rings (SSSR count). The Morgan fingerprint density at radius 3 is 3.00 bits per heavy atom. The van der Waals surface area contributed by atoms with Gasteiger partial charge in [0.1, 0.15) is 5.82 Å². The van der Waals surface area contributed by atoms with Gasteiger partial charge in [-0.2, -0.15) is 0 Å². The first-order valence-corrected chi connectivity index (χ1v) is 8.52. The van der Waals surface area contributed by atoms with Gasteiger partial charge in [0.25, 0.3) is 0 Å². The SMILES string of the molecule is CCCC(c1nc2ccncc2n1CC)N1CCNC(C)C1. The van der Waals surface area contributed by atoms with Gasteiger partial charge in [0.15, 0.2) is 0 Å². The smallest absolute Gasteiger partial charge is 0.127 e. The number of rotatable bonds is 5. The van der Waals surface area contributed by atoms with Crippen LogP contribution >= 0.6 is 0 Å². The summed E-state index contributed by atoms with van der Waals surface area (Å²) in [5, 5.41) is 3.54. The number of nitrogens with zero attached hydrogens (tertiary/aromatic N) is 4. The van der Waals surface area contributed by atoms with Gasteiger partial charge in [0, 0.05) is 38.4 Å². The van der Waals surface area contributed by atoms with Crippen molar-refractivity contribution in [2.24, 2.45) is 0 Å². The second kappa shape index (κ2) is 6.75. The third-order valence-electron chi connectivity index (χ3n) is 4.60. The highest BCUT2D eigenvalue weighted by Gasteiger charge is 2.28. The molecule has 2 unspecified atom stereocenters. The Morgan fingerprint density at radius 1 is 1.41 bits per heavy atom. The van der Waals surface area contributed by atoms with Gasteiger partial charge in [-0.15, -0.1) is 0 Å². The van der Waals surface area contributed by atoms with E-state index in [2.05, 4.69) is 40.5 Å². The predicted molar refractivity (Wildman–Crippen MR) is 89.9 cm³/mol. The maximum atomic E-state index is 4.96. The number of fused-ring (bicyclic) bond motifs is 1. The average molecular weight is 301 g/mol. The van der Waals surface area contributed by atoms with Crippen LogP contribution in [0.15, 0.2) is 18.5 Å². The molecular weight excluding hydrogens is 274 g/mol. The van der Waals surface area contributed by atoms with Gasteiger partial charge < -0.3 is 9.88 Å². The summed E-state index contributed by atoms with van der Waals surface area (Å²) < 4.78 is 2.34. The van der Waals surface area contributed by atoms with Crippen molar-refractivity contribution < 1.29 is 0 Å². The van der Waals surface area contributed by atoms with E-state index in [-0.39, 0.29) is 0 Å². The number of nitrogens with one attached hydrogen (secondary N) is 1. The fourth-order valence-electron chi connectivity index (χ4n) is 3.57. The van der Waals surface area contributed by atoms with Gasteiger partial charge in [0.05, 0.1) is 23.3 Å². The predicted octanol–water partition coefficient (Wildman–Crippen LogP) is 2.59. The summed E-state index contributed by atoms with van der Waals surface area (Å²) in [4.78, 5) is 11.8. The van der Waals surface area contributed by atoms with E-state index in [1.807, 2.05) is 18.5 Å². The standard InChI is InChI=1S/C17H27N5/c1-4-6-15(21-10-9-19-13(3)12-21)17-20-14-7-8-18-11-16(14)22(17)5-2/h7-8,11,13,15,19H,4-6,9-10,12H2,1-3H3. The third-order valence-corrected chi connectivity index (χ3v) is 4.60. The Bertz CT molecular complexity index is 621. The van der Waals surface area contributed by atoms with E-state index in [4.69, 9.17) is 4.98 Å². The van der Waals surface area contributed by atoms with E-state index in [1.54, 1.807) is 0 Å². The van der Waals surface area contributed by atoms with Gasteiger partial charge in [-0.3, -0.25) is 9.88 Å². The molecule has 1 fully saturated rings. The molecule has 5 nitrogen and oxygen atoms in total. The largest absolute Gasteiger partial charge is 0.326 e. The molecule has 1 aliphatic heterocycles. The maximum Gasteiger partial charge on any atom is 0.127 e. The van der Waals surface area contributed by atoms with Crippen molar-refractivity contribution in [1.82, 2.24) is 24.8 Å². The lowest BCUT2D eigenvalue weighted by Crippen LogP contribution is -2.50. The molecule has 2 aromatic rings. The molecule has 0 bridgehead atoms. The van der Waals surface area contributed by atoms with E-state index < -0.39 is 0 Å². The zero-order valence-corrected chi connectivity index (χ0v) is 13.9. The fraction of sp³-hybridized carbons (Fsp3) is 0.647. The molecule has 5 heteroatoms. The van der Waals surface area contributed by atoms with Crippen LogP contribution in [0.5, 0.6) is 0 Å². The van der Waals surface area contributed by atoms with Crippen LogP contribution in [-0.2, 0) is 6.54 Å². The van der Waals surface area contributed by atoms with Gasteiger partial charge in [-0.1, -0.05) is 13.3 Å². The Labute approximate surface area is 132 Å². The van der Waals surface area contributed by atoms with Crippen LogP contribution in [0.1, 0.15) is 45.5 Å². The number of hydrogen-bond acceptors (Lipinski definition) is 4. The van der Waals surface area contributed by atoms with Crippen molar-refractivity contribution in [2.75, 3.05) is 19.6 Å². The van der Waals surface area contributed by atoms with E-state index in [0.717, 1.165) is 43.6 Å². The maximum absolute atomic E-state index is 4.96. The molecule has 1 saturated heterocycles. The van der Waals surface area contributed by atoms with Crippen LogP contribution in [0.25, 0.3) is 11.0 Å². The molecule has 3 heterocycles. The minimum atomic E-state index is 0.405. The number of hydrogen-bond donors (Lipinski definition) is 1. The van der Waals surface area contributed by atoms with Gasteiger partial charge in [-0.05, 0) is 26.3 Å². The van der Waals surface area contributed by atoms with Crippen molar-refractivity contribution in [2.45, 2.75) is 52.2 Å². The zero-order chi connectivity index (χ0) is 15.5. The Morgan fingerprint density at radius 2 is 2.27 bits per heavy atom. The Kier molecular flexibility index (Phi) is 4.74. The molecular formula is C17H27N5. The summed E-state index contributed by atoms with van der Waals surface area (Å²) in [7, 11) is 0. The van der Waals surface area contributed by atoms with E-state index in [0.29, 0.717) is 12.1 Å². The van der Waals surface area contributed by atoms with Crippen LogP contribution in [0.2, 0.25) is 0 Å². The highest BCUT2D eigenvalue weighted by atomic mass is 15.3. The summed E-state index contributed by atoms with van der Waals surface area (Å²) in [5.41, 5.74) is 2.22. The van der Waals surface area contributed by atoms with Gasteiger partial charge >= 0.3 is 0 Å². The van der Waals surface area contributed by atoms with Crippen molar-refractivity contribution >= 4 is 11.0 Å². The number of aromatic nitrogens is 3. The summed E-state index contributed by atoms with van der Waals surface area (Å²) in [5.74, 6) is 1.21. The van der Waals surface area contributed by atoms with Crippen molar-refractivity contribution in [3.05, 3.63) is 24.3 Å². The minimum absolute atomic E-state index is 0.405.